The molecule has 1 atom stereocenters. The van der Waals surface area contributed by atoms with Crippen LogP contribution in [0.15, 0.2) is 30.5 Å². The zero-order valence-corrected chi connectivity index (χ0v) is 14.8. The van der Waals surface area contributed by atoms with E-state index in [1.54, 1.807) is 12.1 Å². The smallest absolute Gasteiger partial charge is 0.127 e. The largest absolute Gasteiger partial charge is 0.300 e. The molecule has 122 valence electrons. The molecule has 0 fully saturated rings. The molecule has 1 aliphatic rings. The number of hydrogen-bond acceptors (Lipinski definition) is 2. The van der Waals surface area contributed by atoms with E-state index in [-0.39, 0.29) is 22.8 Å². The fourth-order valence-corrected chi connectivity index (χ4v) is 3.46. The summed E-state index contributed by atoms with van der Waals surface area (Å²) in [5.74, 6) is -0.121. The second-order valence-electron chi connectivity index (χ2n) is 7.70. The van der Waals surface area contributed by atoms with Crippen LogP contribution in [0.1, 0.15) is 61.7 Å². The lowest BCUT2D eigenvalue weighted by molar-refractivity contribution is 0.194. The second-order valence-corrected chi connectivity index (χ2v) is 7.70. The van der Waals surface area contributed by atoms with Gasteiger partial charge in [0.05, 0.1) is 6.04 Å². The molecule has 1 unspecified atom stereocenters. The normalized spacial score (nSPS) is 21.8. The lowest BCUT2D eigenvalue weighted by Gasteiger charge is -2.51. The molecule has 1 aromatic carbocycles. The Morgan fingerprint density at radius 1 is 1.13 bits per heavy atom. The minimum Gasteiger partial charge on any atom is -0.300 e. The molecular weight excluding hydrogens is 287 g/mol. The van der Waals surface area contributed by atoms with Crippen LogP contribution in [0.3, 0.4) is 0 Å². The monoisotopic (exact) mass is 312 g/mol. The van der Waals surface area contributed by atoms with Gasteiger partial charge in [0.15, 0.2) is 0 Å². The summed E-state index contributed by atoms with van der Waals surface area (Å²) in [4.78, 5) is 4.50. The standard InChI is InChI=1S/C20H25FN2/c1-12-10-14(11-22-13(12)2)18-15-8-7-9-16(21)17(15)19(3,4)20(5,6)23-18/h7-11,18,23H,1-6H3. The average Bonchev–Trinajstić information content (AvgIpc) is 2.46. The maximum atomic E-state index is 14.7. The lowest BCUT2D eigenvalue weighted by Crippen LogP contribution is -2.59. The molecule has 1 aromatic heterocycles. The van der Waals surface area contributed by atoms with E-state index in [1.165, 1.54) is 0 Å². The fourth-order valence-electron chi connectivity index (χ4n) is 3.46. The quantitative estimate of drug-likeness (QED) is 0.833. The zero-order valence-electron chi connectivity index (χ0n) is 14.8. The van der Waals surface area contributed by atoms with Gasteiger partial charge in [-0.3, -0.25) is 4.98 Å². The van der Waals surface area contributed by atoms with E-state index in [1.807, 2.05) is 19.2 Å². The Morgan fingerprint density at radius 2 is 1.83 bits per heavy atom. The molecule has 3 rings (SSSR count). The van der Waals surface area contributed by atoms with Crippen molar-refractivity contribution in [1.82, 2.24) is 10.3 Å². The molecule has 3 heteroatoms. The summed E-state index contributed by atoms with van der Waals surface area (Å²) in [6.45, 7) is 12.6. The molecule has 0 saturated heterocycles. The number of fused-ring (bicyclic) bond motifs is 1. The maximum absolute atomic E-state index is 14.7. The van der Waals surface area contributed by atoms with E-state index in [2.05, 4.69) is 51.0 Å². The first kappa shape index (κ1) is 16.1. The van der Waals surface area contributed by atoms with Crippen LogP contribution in [0.25, 0.3) is 0 Å². The molecule has 0 radical (unpaired) electrons. The minimum absolute atomic E-state index is 0.0458. The van der Waals surface area contributed by atoms with Gasteiger partial charge < -0.3 is 5.32 Å². The van der Waals surface area contributed by atoms with Crippen molar-refractivity contribution in [2.45, 2.75) is 58.5 Å². The third-order valence-corrected chi connectivity index (χ3v) is 5.74. The lowest BCUT2D eigenvalue weighted by atomic mass is 9.63. The van der Waals surface area contributed by atoms with Gasteiger partial charge in [0.1, 0.15) is 5.82 Å². The van der Waals surface area contributed by atoms with Crippen LogP contribution in [-0.2, 0) is 5.41 Å². The minimum atomic E-state index is -0.308. The first-order valence-corrected chi connectivity index (χ1v) is 8.15. The molecule has 2 nitrogen and oxygen atoms in total. The Labute approximate surface area is 138 Å². The van der Waals surface area contributed by atoms with Crippen LogP contribution >= 0.6 is 0 Å². The van der Waals surface area contributed by atoms with Crippen molar-refractivity contribution in [3.05, 3.63) is 64.2 Å². The van der Waals surface area contributed by atoms with Gasteiger partial charge in [0, 0.05) is 28.4 Å². The highest BCUT2D eigenvalue weighted by atomic mass is 19.1. The molecule has 1 aliphatic heterocycles. The number of nitrogens with one attached hydrogen (secondary N) is 1. The van der Waals surface area contributed by atoms with E-state index in [9.17, 15) is 4.39 Å². The first-order chi connectivity index (χ1) is 10.6. The van der Waals surface area contributed by atoms with Gasteiger partial charge in [-0.25, -0.2) is 4.39 Å². The summed E-state index contributed by atoms with van der Waals surface area (Å²) in [6.07, 6.45) is 1.91. The number of aromatic nitrogens is 1. The SMILES string of the molecule is Cc1cc(C2NC(C)(C)C(C)(C)c3c(F)cccc32)cnc1C. The van der Waals surface area contributed by atoms with Crippen LogP contribution in [0.5, 0.6) is 0 Å². The molecule has 0 saturated carbocycles. The number of benzene rings is 1. The van der Waals surface area contributed by atoms with Crippen LogP contribution in [0.4, 0.5) is 4.39 Å². The van der Waals surface area contributed by atoms with Crippen LogP contribution in [0, 0.1) is 19.7 Å². The fraction of sp³-hybridized carbons (Fsp3) is 0.450. The van der Waals surface area contributed by atoms with Crippen molar-refractivity contribution in [3.8, 4) is 0 Å². The molecule has 0 amide bonds. The molecule has 2 heterocycles. The Bertz CT molecular complexity index is 762. The summed E-state index contributed by atoms with van der Waals surface area (Å²) in [7, 11) is 0. The van der Waals surface area contributed by atoms with Gasteiger partial charge in [-0.15, -0.1) is 0 Å². The van der Waals surface area contributed by atoms with Gasteiger partial charge in [0.2, 0.25) is 0 Å². The van der Waals surface area contributed by atoms with Crippen molar-refractivity contribution in [3.63, 3.8) is 0 Å². The molecule has 0 aliphatic carbocycles. The van der Waals surface area contributed by atoms with Gasteiger partial charge in [0.25, 0.3) is 0 Å². The molecule has 0 spiro atoms. The summed E-state index contributed by atoms with van der Waals surface area (Å²) in [6, 6.07) is 7.50. The molecule has 0 bridgehead atoms. The van der Waals surface area contributed by atoms with Gasteiger partial charge in [-0.1, -0.05) is 32.0 Å². The average molecular weight is 312 g/mol. The number of halogens is 1. The summed E-state index contributed by atoms with van der Waals surface area (Å²) < 4.78 is 14.7. The van der Waals surface area contributed by atoms with E-state index < -0.39 is 0 Å². The summed E-state index contributed by atoms with van der Waals surface area (Å²) in [5, 5.41) is 3.72. The Balaban J connectivity index is 2.24. The second kappa shape index (κ2) is 5.13. The third kappa shape index (κ3) is 2.38. The number of hydrogen-bond donors (Lipinski definition) is 1. The highest BCUT2D eigenvalue weighted by molar-refractivity contribution is 5.47. The van der Waals surface area contributed by atoms with Crippen LogP contribution < -0.4 is 5.32 Å². The predicted molar refractivity (Wildman–Crippen MR) is 92.2 cm³/mol. The Hall–Kier alpha value is -1.74. The molecule has 2 aromatic rings. The van der Waals surface area contributed by atoms with Crippen molar-refractivity contribution in [2.75, 3.05) is 0 Å². The van der Waals surface area contributed by atoms with Crippen molar-refractivity contribution in [1.29, 1.82) is 0 Å². The maximum Gasteiger partial charge on any atom is 0.127 e. The highest BCUT2D eigenvalue weighted by Crippen LogP contribution is 2.46. The highest BCUT2D eigenvalue weighted by Gasteiger charge is 2.47. The van der Waals surface area contributed by atoms with Crippen LogP contribution in [-0.4, -0.2) is 10.5 Å². The topological polar surface area (TPSA) is 24.9 Å². The van der Waals surface area contributed by atoms with Gasteiger partial charge in [-0.2, -0.15) is 0 Å². The summed E-state index contributed by atoms with van der Waals surface area (Å²) >= 11 is 0. The third-order valence-electron chi connectivity index (χ3n) is 5.74. The molecule has 23 heavy (non-hydrogen) atoms. The number of pyridine rings is 1. The van der Waals surface area contributed by atoms with Crippen molar-refractivity contribution < 1.29 is 4.39 Å². The van der Waals surface area contributed by atoms with Crippen molar-refractivity contribution in [2.24, 2.45) is 0 Å². The van der Waals surface area contributed by atoms with E-state index in [0.29, 0.717) is 0 Å². The number of aryl methyl sites for hydroxylation is 2. The van der Waals surface area contributed by atoms with E-state index >= 15 is 0 Å². The van der Waals surface area contributed by atoms with Gasteiger partial charge >= 0.3 is 0 Å². The Morgan fingerprint density at radius 3 is 2.48 bits per heavy atom. The van der Waals surface area contributed by atoms with Gasteiger partial charge in [-0.05, 0) is 50.5 Å². The molecule has 1 N–H and O–H groups in total. The van der Waals surface area contributed by atoms with E-state index in [0.717, 1.165) is 27.9 Å². The Kier molecular flexibility index (Phi) is 3.60. The summed E-state index contributed by atoms with van der Waals surface area (Å²) in [5.41, 5.74) is 4.55. The van der Waals surface area contributed by atoms with Crippen molar-refractivity contribution >= 4 is 0 Å². The number of rotatable bonds is 1. The first-order valence-electron chi connectivity index (χ1n) is 8.15. The molecular formula is C20H25FN2. The van der Waals surface area contributed by atoms with Crippen LogP contribution in [0.2, 0.25) is 0 Å². The number of nitrogens with zero attached hydrogens (tertiary/aromatic N) is 1. The zero-order chi connectivity index (χ0) is 17.0. The predicted octanol–water partition coefficient (Wildman–Crippen LogP) is 4.59. The van der Waals surface area contributed by atoms with E-state index in [4.69, 9.17) is 0 Å².